The second-order valence-electron chi connectivity index (χ2n) is 9.28. The molecule has 1 amide bonds. The molecule has 36 heavy (non-hydrogen) atoms. The summed E-state index contributed by atoms with van der Waals surface area (Å²) in [5.74, 6) is 0.262. The van der Waals surface area contributed by atoms with E-state index in [0.717, 1.165) is 26.3 Å². The summed E-state index contributed by atoms with van der Waals surface area (Å²) in [5, 5.41) is 10.2. The minimum Gasteiger partial charge on any atom is -0.395 e. The smallest absolute Gasteiger partial charge is 0.250 e. The zero-order valence-electron chi connectivity index (χ0n) is 20.1. The number of carbonyl (C=O) groups excluding carboxylic acids is 1. The van der Waals surface area contributed by atoms with E-state index in [9.17, 15) is 27.4 Å². The van der Waals surface area contributed by atoms with Gasteiger partial charge < -0.3 is 15.8 Å². The molecule has 9 nitrogen and oxygen atoms in total. The van der Waals surface area contributed by atoms with Crippen LogP contribution < -0.4 is 10.5 Å². The number of thiophene rings is 1. The van der Waals surface area contributed by atoms with Crippen LogP contribution >= 0.6 is 21.9 Å². The van der Waals surface area contributed by atoms with Gasteiger partial charge in [0.1, 0.15) is 0 Å². The first-order valence-electron chi connectivity index (χ1n) is 11.9. The summed E-state index contributed by atoms with van der Waals surface area (Å²) in [4.78, 5) is 17.3. The van der Waals surface area contributed by atoms with Crippen molar-refractivity contribution >= 4 is 48.8 Å². The summed E-state index contributed by atoms with van der Waals surface area (Å²) >= 11 is 1.46. The molecule has 1 aliphatic heterocycles. The fraction of sp³-hybridized carbons (Fsp3) is 0.458. The van der Waals surface area contributed by atoms with Crippen molar-refractivity contribution in [1.29, 1.82) is 0 Å². The highest BCUT2D eigenvalue weighted by atomic mass is 32.3. The molecule has 2 aromatic heterocycles. The third kappa shape index (κ3) is 6.13. The molecule has 1 aromatic carbocycles. The number of benzene rings is 1. The number of nitrogens with two attached hydrogens (primary N) is 1. The summed E-state index contributed by atoms with van der Waals surface area (Å²) in [6, 6.07) is 7.08. The minimum absolute atomic E-state index is 0.0855. The van der Waals surface area contributed by atoms with Crippen molar-refractivity contribution in [3.05, 3.63) is 46.5 Å². The first-order valence-corrected chi connectivity index (χ1v) is 16.3. The quantitative estimate of drug-likeness (QED) is 0.222. The van der Waals surface area contributed by atoms with Crippen LogP contribution in [0.5, 0.6) is 0 Å². The van der Waals surface area contributed by atoms with Gasteiger partial charge in [0.05, 0.1) is 23.4 Å². The number of aliphatic hydroxyl groups excluding tert-OH is 1. The van der Waals surface area contributed by atoms with E-state index in [0.29, 0.717) is 48.3 Å². The number of carbonyl (C=O) groups is 1. The highest BCUT2D eigenvalue weighted by Gasteiger charge is 2.28. The number of nitrogens with one attached hydrogen (secondary N) is 2. The molecule has 1 atom stereocenters. The first-order chi connectivity index (χ1) is 17.0. The van der Waals surface area contributed by atoms with E-state index in [2.05, 4.69) is 9.71 Å². The number of aryl methyl sites for hydroxylation is 1. The zero-order chi connectivity index (χ0) is 26.1. The van der Waals surface area contributed by atoms with Gasteiger partial charge in [0.2, 0.25) is 10.0 Å². The number of hydrogen-bond acceptors (Lipinski definition) is 7. The summed E-state index contributed by atoms with van der Waals surface area (Å²) < 4.78 is 47.3. The van der Waals surface area contributed by atoms with Crippen LogP contribution in [0.3, 0.4) is 0 Å². The van der Waals surface area contributed by atoms with Crippen LogP contribution in [0, 0.1) is 0 Å². The van der Waals surface area contributed by atoms with E-state index in [1.807, 2.05) is 31.3 Å². The second kappa shape index (κ2) is 10.8. The van der Waals surface area contributed by atoms with Gasteiger partial charge in [0, 0.05) is 38.9 Å². The molecule has 0 radical (unpaired) electrons. The number of rotatable bonds is 10. The Bertz CT molecular complexity index is 1330. The monoisotopic (exact) mass is 555 g/mol. The molecule has 0 spiro atoms. The van der Waals surface area contributed by atoms with Crippen LogP contribution in [-0.4, -0.2) is 63.4 Å². The fourth-order valence-corrected chi connectivity index (χ4v) is 8.62. The number of aromatic nitrogens is 1. The predicted octanol–water partition coefficient (Wildman–Crippen LogP) is 3.86. The van der Waals surface area contributed by atoms with Crippen LogP contribution in [-0.2, 0) is 16.4 Å². The van der Waals surface area contributed by atoms with Gasteiger partial charge in [-0.15, -0.1) is 11.3 Å². The van der Waals surface area contributed by atoms with Crippen molar-refractivity contribution in [2.75, 3.05) is 23.9 Å². The predicted molar refractivity (Wildman–Crippen MR) is 146 cm³/mol. The summed E-state index contributed by atoms with van der Waals surface area (Å²) in [6.07, 6.45) is 4.04. The number of aromatic amines is 1. The molecule has 3 heterocycles. The Morgan fingerprint density at radius 2 is 2.00 bits per heavy atom. The maximum atomic E-state index is 12.4. The summed E-state index contributed by atoms with van der Waals surface area (Å²) in [7, 11) is -6.03. The first kappa shape index (κ1) is 27.1. The van der Waals surface area contributed by atoms with Crippen LogP contribution in [0.4, 0.5) is 0 Å². The van der Waals surface area contributed by atoms with E-state index < -0.39 is 32.6 Å². The number of hydrogen-bond donors (Lipinski definition) is 6. The third-order valence-electron chi connectivity index (χ3n) is 6.74. The summed E-state index contributed by atoms with van der Waals surface area (Å²) in [6.45, 7) is 1.57. The van der Waals surface area contributed by atoms with Gasteiger partial charge in [0.25, 0.3) is 5.91 Å². The van der Waals surface area contributed by atoms with Gasteiger partial charge in [0.15, 0.2) is 0 Å². The molecule has 0 unspecified atom stereocenters. The molecule has 1 saturated heterocycles. The van der Waals surface area contributed by atoms with Crippen molar-refractivity contribution in [1.82, 2.24) is 9.71 Å². The largest absolute Gasteiger partial charge is 0.395 e. The van der Waals surface area contributed by atoms with Crippen molar-refractivity contribution < 1.29 is 27.4 Å². The van der Waals surface area contributed by atoms with Gasteiger partial charge in [-0.1, -0.05) is 6.92 Å². The van der Waals surface area contributed by atoms with Gasteiger partial charge in [-0.05, 0) is 67.0 Å². The van der Waals surface area contributed by atoms with Crippen LogP contribution in [0.25, 0.3) is 21.3 Å². The van der Waals surface area contributed by atoms with Gasteiger partial charge in [-0.2, -0.15) is 10.6 Å². The lowest BCUT2D eigenvalue weighted by Gasteiger charge is -2.39. The topological polar surface area (TPSA) is 166 Å². The number of fused-ring (bicyclic) bond motifs is 1. The molecule has 0 bridgehead atoms. The normalized spacial score (nSPS) is 18.3. The molecular formula is C24H33N3O6S3. The number of aliphatic hydroxyl groups is 1. The molecule has 0 aliphatic carbocycles. The highest BCUT2D eigenvalue weighted by Crippen LogP contribution is 2.49. The lowest BCUT2D eigenvalue weighted by atomic mass is 9.91. The standard InChI is InChI=1S/C24H33N3O6S3/c1-2-17(14-28)27-36(32,33)10-7-18-3-4-22(34-18)16-11-19-21(15-5-8-35(30,31)9-6-15)13-26-23(19)20(12-16)24(25)29/h3-4,11-13,15,17,26-28,30-31H,2,5-10,14H2,1H3,(H2,25,29)/t17-/m0/s1. The molecule has 4 rings (SSSR count). The number of H-pyrrole nitrogens is 1. The molecule has 7 N–H and O–H groups in total. The summed E-state index contributed by atoms with van der Waals surface area (Å²) in [5.41, 5.74) is 8.61. The molecule has 0 saturated carbocycles. The van der Waals surface area contributed by atoms with E-state index in [1.165, 1.54) is 11.3 Å². The van der Waals surface area contributed by atoms with Crippen LogP contribution in [0.15, 0.2) is 30.5 Å². The Hall–Kier alpha value is -1.93. The Morgan fingerprint density at radius 1 is 1.28 bits per heavy atom. The van der Waals surface area contributed by atoms with E-state index >= 15 is 0 Å². The zero-order valence-corrected chi connectivity index (χ0v) is 22.5. The van der Waals surface area contributed by atoms with Crippen LogP contribution in [0.2, 0.25) is 0 Å². The van der Waals surface area contributed by atoms with E-state index in [1.54, 1.807) is 6.07 Å². The van der Waals surface area contributed by atoms with Gasteiger partial charge in [-0.25, -0.2) is 13.1 Å². The molecule has 1 aliphatic rings. The Labute approximate surface area is 216 Å². The fourth-order valence-electron chi connectivity index (χ4n) is 4.61. The van der Waals surface area contributed by atoms with Crippen LogP contribution in [0.1, 0.15) is 52.9 Å². The third-order valence-corrected chi connectivity index (χ3v) is 11.1. The Kier molecular flexibility index (Phi) is 8.15. The lowest BCUT2D eigenvalue weighted by Crippen LogP contribution is -2.38. The van der Waals surface area contributed by atoms with Crippen molar-refractivity contribution in [2.45, 2.75) is 44.6 Å². The lowest BCUT2D eigenvalue weighted by molar-refractivity contribution is 0.100. The van der Waals surface area contributed by atoms with E-state index in [-0.39, 0.29) is 18.3 Å². The molecule has 1 fully saturated rings. The van der Waals surface area contributed by atoms with Gasteiger partial charge >= 0.3 is 0 Å². The van der Waals surface area contributed by atoms with Crippen molar-refractivity contribution in [3.63, 3.8) is 0 Å². The van der Waals surface area contributed by atoms with Gasteiger partial charge in [-0.3, -0.25) is 13.9 Å². The molecule has 198 valence electrons. The number of amides is 1. The maximum absolute atomic E-state index is 12.4. The molecular weight excluding hydrogens is 522 g/mol. The maximum Gasteiger partial charge on any atom is 0.250 e. The number of sulfonamides is 1. The van der Waals surface area contributed by atoms with Crippen molar-refractivity contribution in [3.8, 4) is 10.4 Å². The average molecular weight is 556 g/mol. The highest BCUT2D eigenvalue weighted by molar-refractivity contribution is 8.24. The Balaban J connectivity index is 1.59. The number of primary amides is 1. The average Bonchev–Trinajstić information content (AvgIpc) is 3.48. The van der Waals surface area contributed by atoms with E-state index in [4.69, 9.17) is 5.73 Å². The molecule has 3 aromatic rings. The minimum atomic E-state index is -3.53. The Morgan fingerprint density at radius 3 is 2.64 bits per heavy atom. The van der Waals surface area contributed by atoms with Crippen molar-refractivity contribution in [2.24, 2.45) is 5.73 Å². The molecule has 12 heteroatoms. The SMILES string of the molecule is CC[C@@H](CO)NS(=O)(=O)CCc1ccc(-c2cc(C(N)=O)c3[nH]cc(C4CCS(O)(O)CC4)c3c2)s1. The second-order valence-corrected chi connectivity index (χ2v) is 14.7.